The monoisotopic (exact) mass is 259 g/mol. The van der Waals surface area contributed by atoms with Crippen LogP contribution in [-0.2, 0) is 9.59 Å². The zero-order valence-corrected chi connectivity index (χ0v) is 10.4. The van der Waals surface area contributed by atoms with Crippen LogP contribution in [-0.4, -0.2) is 28.8 Å². The lowest BCUT2D eigenvalue weighted by molar-refractivity contribution is -0.141. The van der Waals surface area contributed by atoms with Crippen LogP contribution in [0, 0.1) is 0 Å². The fraction of sp³-hybridized carbons (Fsp3) is 0.400. The second kappa shape index (κ2) is 6.55. The van der Waals surface area contributed by atoms with E-state index >= 15 is 0 Å². The molecule has 0 spiro atoms. The Hall–Kier alpha value is -1.01. The van der Waals surface area contributed by atoms with E-state index in [0.717, 1.165) is 4.21 Å². The molecule has 1 rings (SSSR count). The summed E-state index contributed by atoms with van der Waals surface area (Å²) in [7, 11) is 0. The van der Waals surface area contributed by atoms with Crippen LogP contribution in [0.4, 0.5) is 0 Å². The molecule has 0 aliphatic heterocycles. The van der Waals surface area contributed by atoms with Gasteiger partial charge in [-0.3, -0.25) is 4.79 Å². The largest absolute Gasteiger partial charge is 0.480 e. The summed E-state index contributed by atoms with van der Waals surface area (Å²) in [6.45, 7) is 1.73. The number of thiophene rings is 1. The number of carbonyl (C=O) groups excluding carboxylic acids is 1. The summed E-state index contributed by atoms with van der Waals surface area (Å²) in [6.07, 6.45) is 0.394. The van der Waals surface area contributed by atoms with Crippen molar-refractivity contribution in [1.82, 2.24) is 5.32 Å². The summed E-state index contributed by atoms with van der Waals surface area (Å²) in [4.78, 5) is 22.1. The van der Waals surface area contributed by atoms with E-state index in [0.29, 0.717) is 6.42 Å². The van der Waals surface area contributed by atoms with Crippen LogP contribution in [0.3, 0.4) is 0 Å². The molecule has 0 aliphatic rings. The lowest BCUT2D eigenvalue weighted by atomic mass is 10.2. The maximum absolute atomic E-state index is 11.4. The SMILES string of the molecule is CCC(NC(=O)CSc1cccs1)C(=O)O. The van der Waals surface area contributed by atoms with Gasteiger partial charge >= 0.3 is 5.97 Å². The Labute approximate surface area is 102 Å². The molecule has 88 valence electrons. The summed E-state index contributed by atoms with van der Waals surface area (Å²) < 4.78 is 1.05. The smallest absolute Gasteiger partial charge is 0.326 e. The molecular weight excluding hydrogens is 246 g/mol. The van der Waals surface area contributed by atoms with Gasteiger partial charge < -0.3 is 10.4 Å². The van der Waals surface area contributed by atoms with Gasteiger partial charge in [0.05, 0.1) is 9.96 Å². The normalized spacial score (nSPS) is 12.1. The average Bonchev–Trinajstić information content (AvgIpc) is 2.75. The van der Waals surface area contributed by atoms with Crippen molar-refractivity contribution in [1.29, 1.82) is 0 Å². The first-order valence-electron chi connectivity index (χ1n) is 4.82. The zero-order chi connectivity index (χ0) is 12.0. The van der Waals surface area contributed by atoms with Crippen molar-refractivity contribution in [3.05, 3.63) is 17.5 Å². The van der Waals surface area contributed by atoms with Gasteiger partial charge in [-0.05, 0) is 17.9 Å². The number of aliphatic carboxylic acids is 1. The lowest BCUT2D eigenvalue weighted by Gasteiger charge is -2.11. The third-order valence-corrected chi connectivity index (χ3v) is 4.01. The van der Waals surface area contributed by atoms with Crippen molar-refractivity contribution >= 4 is 35.0 Å². The van der Waals surface area contributed by atoms with E-state index in [1.807, 2.05) is 17.5 Å². The highest BCUT2D eigenvalue weighted by Gasteiger charge is 2.17. The number of thioether (sulfide) groups is 1. The van der Waals surface area contributed by atoms with E-state index in [4.69, 9.17) is 5.11 Å². The summed E-state index contributed by atoms with van der Waals surface area (Å²) >= 11 is 2.98. The van der Waals surface area contributed by atoms with E-state index in [1.54, 1.807) is 18.3 Å². The molecule has 1 unspecified atom stereocenters. The highest BCUT2D eigenvalue weighted by molar-refractivity contribution is 8.01. The molecular formula is C10H13NO3S2. The summed E-state index contributed by atoms with van der Waals surface area (Å²) in [5, 5.41) is 13.2. The van der Waals surface area contributed by atoms with E-state index in [-0.39, 0.29) is 11.7 Å². The van der Waals surface area contributed by atoms with Crippen molar-refractivity contribution in [3.63, 3.8) is 0 Å². The van der Waals surface area contributed by atoms with E-state index in [1.165, 1.54) is 11.8 Å². The molecule has 1 aromatic rings. The maximum atomic E-state index is 11.4. The lowest BCUT2D eigenvalue weighted by Crippen LogP contribution is -2.41. The molecule has 0 bridgehead atoms. The molecule has 6 heteroatoms. The van der Waals surface area contributed by atoms with Gasteiger partial charge in [-0.25, -0.2) is 4.79 Å². The molecule has 0 fully saturated rings. The molecule has 0 radical (unpaired) electrons. The third-order valence-electron chi connectivity index (χ3n) is 1.88. The van der Waals surface area contributed by atoms with Crippen LogP contribution < -0.4 is 5.32 Å². The molecule has 0 saturated carbocycles. The molecule has 2 N–H and O–H groups in total. The topological polar surface area (TPSA) is 66.4 Å². The number of carboxylic acids is 1. The third kappa shape index (κ3) is 4.24. The standard InChI is InChI=1S/C10H13NO3S2/c1-2-7(10(13)14)11-8(12)6-16-9-4-3-5-15-9/h3-5,7H,2,6H2,1H3,(H,11,12)(H,13,14). The van der Waals surface area contributed by atoms with Gasteiger partial charge in [-0.15, -0.1) is 23.1 Å². The Morgan fingerprint density at radius 3 is 2.88 bits per heavy atom. The second-order valence-corrected chi connectivity index (χ2v) is 5.31. The Kier molecular flexibility index (Phi) is 5.34. The van der Waals surface area contributed by atoms with Gasteiger partial charge in [-0.2, -0.15) is 0 Å². The fourth-order valence-electron chi connectivity index (χ4n) is 1.06. The average molecular weight is 259 g/mol. The van der Waals surface area contributed by atoms with Crippen LogP contribution in [0.15, 0.2) is 21.7 Å². The highest BCUT2D eigenvalue weighted by atomic mass is 32.2. The second-order valence-electron chi connectivity index (χ2n) is 3.09. The van der Waals surface area contributed by atoms with Crippen molar-refractivity contribution in [3.8, 4) is 0 Å². The molecule has 4 nitrogen and oxygen atoms in total. The number of amides is 1. The minimum absolute atomic E-state index is 0.243. The Morgan fingerprint density at radius 2 is 2.38 bits per heavy atom. The minimum atomic E-state index is -0.989. The van der Waals surface area contributed by atoms with Crippen LogP contribution in [0.2, 0.25) is 0 Å². The van der Waals surface area contributed by atoms with E-state index in [2.05, 4.69) is 5.32 Å². The van der Waals surface area contributed by atoms with Crippen LogP contribution >= 0.6 is 23.1 Å². The molecule has 1 atom stereocenters. The van der Waals surface area contributed by atoms with E-state index < -0.39 is 12.0 Å². The Bertz CT molecular complexity index is 351. The summed E-state index contributed by atoms with van der Waals surface area (Å²) in [6, 6.07) is 3.06. The van der Waals surface area contributed by atoms with Crippen LogP contribution in [0.1, 0.15) is 13.3 Å². The van der Waals surface area contributed by atoms with Crippen molar-refractivity contribution in [2.24, 2.45) is 0 Å². The molecule has 0 aromatic carbocycles. The number of carbonyl (C=O) groups is 2. The summed E-state index contributed by atoms with van der Waals surface area (Å²) in [5.74, 6) is -0.978. The van der Waals surface area contributed by atoms with Crippen molar-refractivity contribution in [2.75, 3.05) is 5.75 Å². The first-order valence-corrected chi connectivity index (χ1v) is 6.68. The maximum Gasteiger partial charge on any atom is 0.326 e. The summed E-state index contributed by atoms with van der Waals surface area (Å²) in [5.41, 5.74) is 0. The number of hydrogen-bond acceptors (Lipinski definition) is 4. The van der Waals surface area contributed by atoms with Gasteiger partial charge in [0.15, 0.2) is 0 Å². The van der Waals surface area contributed by atoms with Crippen molar-refractivity contribution < 1.29 is 14.7 Å². The van der Waals surface area contributed by atoms with Gasteiger partial charge in [0.2, 0.25) is 5.91 Å². The zero-order valence-electron chi connectivity index (χ0n) is 8.80. The van der Waals surface area contributed by atoms with Gasteiger partial charge in [0.1, 0.15) is 6.04 Å². The Balaban J connectivity index is 2.33. The predicted molar refractivity (Wildman–Crippen MR) is 64.9 cm³/mol. The molecule has 0 saturated heterocycles. The van der Waals surface area contributed by atoms with E-state index in [9.17, 15) is 9.59 Å². The molecule has 16 heavy (non-hydrogen) atoms. The number of nitrogens with one attached hydrogen (secondary N) is 1. The molecule has 1 heterocycles. The van der Waals surface area contributed by atoms with Crippen LogP contribution in [0.25, 0.3) is 0 Å². The van der Waals surface area contributed by atoms with Gasteiger partial charge in [0.25, 0.3) is 0 Å². The highest BCUT2D eigenvalue weighted by Crippen LogP contribution is 2.22. The Morgan fingerprint density at radius 1 is 1.62 bits per heavy atom. The van der Waals surface area contributed by atoms with Crippen molar-refractivity contribution in [2.45, 2.75) is 23.6 Å². The number of hydrogen-bond donors (Lipinski definition) is 2. The number of carboxylic acid groups (broad SMARTS) is 1. The van der Waals surface area contributed by atoms with Crippen LogP contribution in [0.5, 0.6) is 0 Å². The molecule has 1 amide bonds. The first kappa shape index (κ1) is 13.1. The quantitative estimate of drug-likeness (QED) is 0.765. The molecule has 1 aromatic heterocycles. The minimum Gasteiger partial charge on any atom is -0.480 e. The van der Waals surface area contributed by atoms with Gasteiger partial charge in [-0.1, -0.05) is 13.0 Å². The first-order chi connectivity index (χ1) is 7.63. The predicted octanol–water partition coefficient (Wildman–Crippen LogP) is 1.82. The van der Waals surface area contributed by atoms with Gasteiger partial charge in [0, 0.05) is 0 Å². The number of rotatable bonds is 6. The molecule has 0 aliphatic carbocycles. The fourth-order valence-corrected chi connectivity index (χ4v) is 2.65.